The summed E-state index contributed by atoms with van der Waals surface area (Å²) in [5, 5.41) is 7.03. The van der Waals surface area contributed by atoms with Gasteiger partial charge in [-0.05, 0) is 58.7 Å². The molecule has 0 atom stereocenters. The highest BCUT2D eigenvalue weighted by atomic mass is 32.1. The van der Waals surface area contributed by atoms with Crippen LogP contribution < -0.4 is 10.6 Å². The Kier molecular flexibility index (Phi) is 7.25. The lowest BCUT2D eigenvalue weighted by Crippen LogP contribution is -2.18. The first-order chi connectivity index (χ1) is 15.7. The fraction of sp³-hybridized carbons (Fsp3) is 0. The van der Waals surface area contributed by atoms with Crippen molar-refractivity contribution in [2.24, 2.45) is 0 Å². The molecule has 4 aromatic rings. The van der Waals surface area contributed by atoms with Crippen LogP contribution in [0.4, 0.5) is 11.4 Å². The summed E-state index contributed by atoms with van der Waals surface area (Å²) >= 11 is 5.46. The van der Waals surface area contributed by atoms with Crippen molar-refractivity contribution in [3.05, 3.63) is 131 Å². The minimum absolute atomic E-state index is 0.560. The van der Waals surface area contributed by atoms with Gasteiger partial charge in [0.15, 0.2) is 5.11 Å². The Hall–Kier alpha value is -3.95. The van der Waals surface area contributed by atoms with E-state index in [4.69, 9.17) is 12.2 Å². The number of nitrogens with one attached hydrogen (secondary N) is 2. The van der Waals surface area contributed by atoms with E-state index in [2.05, 4.69) is 83.5 Å². The molecule has 0 aliphatic carbocycles. The standard InChI is InChI=1S/C29H24N2S/c32-29(30-27-19-15-25(16-20-27)13-11-23-7-3-1-4-8-23)31-28-21-17-26(18-22-28)14-12-24-9-5-2-6-10-24/h1-22H,(H2,30,31,32)/b13-11+,14-12+. The third-order valence-electron chi connectivity index (χ3n) is 4.87. The van der Waals surface area contributed by atoms with Crippen molar-refractivity contribution >= 4 is 53.0 Å². The van der Waals surface area contributed by atoms with Crippen LogP contribution in [0.15, 0.2) is 109 Å². The Balaban J connectivity index is 1.29. The molecule has 0 saturated heterocycles. The van der Waals surface area contributed by atoms with E-state index in [0.717, 1.165) is 22.5 Å². The predicted octanol–water partition coefficient (Wildman–Crippen LogP) is 7.84. The van der Waals surface area contributed by atoms with Crippen LogP contribution in [0, 0.1) is 0 Å². The van der Waals surface area contributed by atoms with Crippen molar-refractivity contribution in [3.63, 3.8) is 0 Å². The molecule has 4 aromatic carbocycles. The zero-order valence-electron chi connectivity index (χ0n) is 17.6. The molecule has 2 N–H and O–H groups in total. The molecule has 0 aromatic heterocycles. The smallest absolute Gasteiger partial charge is 0.175 e. The average molecular weight is 433 g/mol. The number of thiocarbonyl (C=S) groups is 1. The molecule has 0 unspecified atom stereocenters. The van der Waals surface area contributed by atoms with E-state index >= 15 is 0 Å². The second-order valence-electron chi connectivity index (χ2n) is 7.31. The lowest BCUT2D eigenvalue weighted by Gasteiger charge is -2.11. The van der Waals surface area contributed by atoms with Gasteiger partial charge in [-0.1, -0.05) is 109 Å². The minimum atomic E-state index is 0.560. The van der Waals surface area contributed by atoms with Crippen molar-refractivity contribution in [1.29, 1.82) is 0 Å². The van der Waals surface area contributed by atoms with Crippen LogP contribution in [0.1, 0.15) is 22.3 Å². The maximum atomic E-state index is 5.46. The van der Waals surface area contributed by atoms with Gasteiger partial charge in [-0.25, -0.2) is 0 Å². The minimum Gasteiger partial charge on any atom is -0.332 e. The second kappa shape index (κ2) is 10.9. The SMILES string of the molecule is S=C(Nc1ccc(/C=C/c2ccccc2)cc1)Nc1ccc(/C=C/c2ccccc2)cc1. The number of rotatable bonds is 6. The molecule has 0 aliphatic heterocycles. The highest BCUT2D eigenvalue weighted by Crippen LogP contribution is 2.15. The summed E-state index contributed by atoms with van der Waals surface area (Å²) < 4.78 is 0. The summed E-state index contributed by atoms with van der Waals surface area (Å²) in [5.41, 5.74) is 6.53. The molecule has 0 radical (unpaired) electrons. The van der Waals surface area contributed by atoms with Crippen LogP contribution in [0.2, 0.25) is 0 Å². The van der Waals surface area contributed by atoms with Crippen molar-refractivity contribution in [2.75, 3.05) is 10.6 Å². The van der Waals surface area contributed by atoms with E-state index in [9.17, 15) is 0 Å². The second-order valence-corrected chi connectivity index (χ2v) is 7.72. The first kappa shape index (κ1) is 21.3. The number of anilines is 2. The Morgan fingerprint density at radius 1 is 0.438 bits per heavy atom. The largest absolute Gasteiger partial charge is 0.332 e. The molecule has 0 spiro atoms. The molecule has 2 nitrogen and oxygen atoms in total. The van der Waals surface area contributed by atoms with E-state index in [-0.39, 0.29) is 0 Å². The first-order valence-corrected chi connectivity index (χ1v) is 10.9. The summed E-state index contributed by atoms with van der Waals surface area (Å²) in [6.07, 6.45) is 8.41. The average Bonchev–Trinajstić information content (AvgIpc) is 2.84. The van der Waals surface area contributed by atoms with Crippen LogP contribution in [-0.2, 0) is 0 Å². The van der Waals surface area contributed by atoms with Gasteiger partial charge in [0, 0.05) is 11.4 Å². The Labute approximate surface area is 195 Å². The summed E-state index contributed by atoms with van der Waals surface area (Å²) in [4.78, 5) is 0. The van der Waals surface area contributed by atoms with Gasteiger partial charge in [-0.15, -0.1) is 0 Å². The summed E-state index contributed by atoms with van der Waals surface area (Å²) in [5.74, 6) is 0. The van der Waals surface area contributed by atoms with E-state index in [1.807, 2.05) is 60.7 Å². The van der Waals surface area contributed by atoms with Crippen molar-refractivity contribution in [1.82, 2.24) is 0 Å². The Bertz CT molecular complexity index is 1100. The van der Waals surface area contributed by atoms with Gasteiger partial charge in [-0.3, -0.25) is 0 Å². The summed E-state index contributed by atoms with van der Waals surface area (Å²) in [7, 11) is 0. The van der Waals surface area contributed by atoms with Crippen LogP contribution in [0.25, 0.3) is 24.3 Å². The molecule has 156 valence electrons. The topological polar surface area (TPSA) is 24.1 Å². The van der Waals surface area contributed by atoms with Gasteiger partial charge in [0.25, 0.3) is 0 Å². The summed E-state index contributed by atoms with van der Waals surface area (Å²) in [6, 6.07) is 36.9. The van der Waals surface area contributed by atoms with Gasteiger partial charge < -0.3 is 10.6 Å². The lowest BCUT2D eigenvalue weighted by atomic mass is 10.1. The molecule has 32 heavy (non-hydrogen) atoms. The zero-order chi connectivity index (χ0) is 22.0. The van der Waals surface area contributed by atoms with Gasteiger partial charge in [0.2, 0.25) is 0 Å². The molecule has 4 rings (SSSR count). The van der Waals surface area contributed by atoms with Crippen LogP contribution in [0.3, 0.4) is 0 Å². The number of benzene rings is 4. The van der Waals surface area contributed by atoms with Gasteiger partial charge in [-0.2, -0.15) is 0 Å². The third kappa shape index (κ3) is 6.53. The first-order valence-electron chi connectivity index (χ1n) is 10.5. The maximum absolute atomic E-state index is 5.46. The Morgan fingerprint density at radius 2 is 0.750 bits per heavy atom. The van der Waals surface area contributed by atoms with Crippen molar-refractivity contribution in [2.45, 2.75) is 0 Å². The van der Waals surface area contributed by atoms with E-state index in [1.165, 1.54) is 11.1 Å². The molecule has 0 aliphatic rings. The molecular weight excluding hydrogens is 408 g/mol. The molecule has 3 heteroatoms. The van der Waals surface area contributed by atoms with Crippen molar-refractivity contribution in [3.8, 4) is 0 Å². The normalized spacial score (nSPS) is 11.0. The zero-order valence-corrected chi connectivity index (χ0v) is 18.4. The molecule has 0 heterocycles. The molecule has 0 saturated carbocycles. The maximum Gasteiger partial charge on any atom is 0.175 e. The van der Waals surface area contributed by atoms with Gasteiger partial charge in [0.05, 0.1) is 0 Å². The predicted molar refractivity (Wildman–Crippen MR) is 143 cm³/mol. The van der Waals surface area contributed by atoms with Crippen LogP contribution >= 0.6 is 12.2 Å². The van der Waals surface area contributed by atoms with Gasteiger partial charge >= 0.3 is 0 Å². The molecule has 0 bridgehead atoms. The highest BCUT2D eigenvalue weighted by molar-refractivity contribution is 7.80. The Morgan fingerprint density at radius 3 is 1.09 bits per heavy atom. The number of hydrogen-bond donors (Lipinski definition) is 2. The van der Waals surface area contributed by atoms with E-state index in [0.29, 0.717) is 5.11 Å². The molecule has 0 amide bonds. The van der Waals surface area contributed by atoms with Crippen LogP contribution in [0.5, 0.6) is 0 Å². The molecular formula is C29H24N2S. The fourth-order valence-corrected chi connectivity index (χ4v) is 3.40. The fourth-order valence-electron chi connectivity index (χ4n) is 3.16. The summed E-state index contributed by atoms with van der Waals surface area (Å²) in [6.45, 7) is 0. The van der Waals surface area contributed by atoms with Gasteiger partial charge in [0.1, 0.15) is 0 Å². The quantitative estimate of drug-likeness (QED) is 0.240. The van der Waals surface area contributed by atoms with E-state index < -0.39 is 0 Å². The van der Waals surface area contributed by atoms with Crippen LogP contribution in [-0.4, -0.2) is 5.11 Å². The third-order valence-corrected chi connectivity index (χ3v) is 5.08. The number of hydrogen-bond acceptors (Lipinski definition) is 1. The molecule has 0 fully saturated rings. The highest BCUT2D eigenvalue weighted by Gasteiger charge is 1.99. The van der Waals surface area contributed by atoms with E-state index in [1.54, 1.807) is 0 Å². The monoisotopic (exact) mass is 432 g/mol. The van der Waals surface area contributed by atoms with Crippen molar-refractivity contribution < 1.29 is 0 Å². The lowest BCUT2D eigenvalue weighted by molar-refractivity contribution is 1.57.